The van der Waals surface area contributed by atoms with Crippen molar-refractivity contribution in [2.24, 2.45) is 0 Å². The van der Waals surface area contributed by atoms with E-state index in [1.54, 1.807) is 31.2 Å². The number of anilines is 3. The molecule has 0 radical (unpaired) electrons. The Morgan fingerprint density at radius 3 is 2.64 bits per heavy atom. The lowest BCUT2D eigenvalue weighted by atomic mass is 10.2. The van der Waals surface area contributed by atoms with Crippen LogP contribution in [0.3, 0.4) is 0 Å². The molecular weight excluding hydrogens is 288 g/mol. The Labute approximate surface area is 125 Å². The average Bonchev–Trinajstić information content (AvgIpc) is 2.47. The lowest BCUT2D eigenvalue weighted by Gasteiger charge is -2.14. The molecule has 1 amide bonds. The van der Waals surface area contributed by atoms with E-state index < -0.39 is 11.0 Å². The number of hydrogen-bond donors (Lipinski definition) is 3. The Morgan fingerprint density at radius 2 is 2.05 bits per heavy atom. The van der Waals surface area contributed by atoms with Crippen molar-refractivity contribution >= 4 is 29.0 Å². The van der Waals surface area contributed by atoms with Gasteiger partial charge in [0.25, 0.3) is 0 Å². The molecule has 0 saturated carbocycles. The summed E-state index contributed by atoms with van der Waals surface area (Å²) in [4.78, 5) is 29.5. The van der Waals surface area contributed by atoms with Crippen LogP contribution in [0, 0.1) is 10.1 Å². The largest absolute Gasteiger partial charge is 0.378 e. The van der Waals surface area contributed by atoms with Crippen LogP contribution >= 0.6 is 0 Å². The summed E-state index contributed by atoms with van der Waals surface area (Å²) in [7, 11) is 0. The summed E-state index contributed by atoms with van der Waals surface area (Å²) in [5, 5.41) is 16.1. The summed E-state index contributed by atoms with van der Waals surface area (Å²) in [6, 6.07) is 8.30. The van der Waals surface area contributed by atoms with Crippen LogP contribution in [-0.4, -0.2) is 26.8 Å². The molecule has 1 aromatic carbocycles. The molecule has 4 N–H and O–H groups in total. The third-order valence-electron chi connectivity index (χ3n) is 2.77. The number of para-hydroxylation sites is 1. The van der Waals surface area contributed by atoms with Gasteiger partial charge >= 0.3 is 5.69 Å². The van der Waals surface area contributed by atoms with E-state index in [1.807, 2.05) is 6.07 Å². The molecule has 0 saturated heterocycles. The highest BCUT2D eigenvalue weighted by molar-refractivity contribution is 5.96. The Balaban J connectivity index is 2.02. The Hall–Kier alpha value is -3.23. The number of rotatable bonds is 5. The van der Waals surface area contributed by atoms with E-state index >= 15 is 0 Å². The minimum absolute atomic E-state index is 0.0406. The number of hydrogen-bond acceptors (Lipinski definition) is 7. The molecule has 0 fully saturated rings. The molecule has 0 aliphatic heterocycles. The first-order valence-corrected chi connectivity index (χ1v) is 6.36. The smallest absolute Gasteiger partial charge is 0.329 e. The van der Waals surface area contributed by atoms with Crippen LogP contribution < -0.4 is 16.4 Å². The van der Waals surface area contributed by atoms with Crippen molar-refractivity contribution in [3.63, 3.8) is 0 Å². The van der Waals surface area contributed by atoms with Crippen LogP contribution in [0.5, 0.6) is 0 Å². The maximum absolute atomic E-state index is 12.0. The molecule has 0 bridgehead atoms. The Bertz CT molecular complexity index is 691. The van der Waals surface area contributed by atoms with E-state index in [0.29, 0.717) is 5.69 Å². The van der Waals surface area contributed by atoms with Gasteiger partial charge in [0.1, 0.15) is 12.2 Å². The lowest BCUT2D eigenvalue weighted by Crippen LogP contribution is -2.32. The molecule has 9 nitrogen and oxygen atoms in total. The van der Waals surface area contributed by atoms with Gasteiger partial charge < -0.3 is 16.4 Å². The molecular formula is C13H14N6O3. The quantitative estimate of drug-likeness (QED) is 0.561. The fourth-order valence-electron chi connectivity index (χ4n) is 1.63. The van der Waals surface area contributed by atoms with E-state index in [0.717, 1.165) is 6.20 Å². The molecule has 1 heterocycles. The zero-order valence-corrected chi connectivity index (χ0v) is 11.7. The summed E-state index contributed by atoms with van der Waals surface area (Å²) < 4.78 is 0. The van der Waals surface area contributed by atoms with E-state index in [9.17, 15) is 14.9 Å². The molecule has 2 aromatic rings. The van der Waals surface area contributed by atoms with Crippen molar-refractivity contribution in [1.82, 2.24) is 9.97 Å². The second-order valence-electron chi connectivity index (χ2n) is 4.44. The van der Waals surface area contributed by atoms with Crippen molar-refractivity contribution < 1.29 is 9.72 Å². The van der Waals surface area contributed by atoms with Crippen molar-refractivity contribution in [3.05, 3.63) is 46.6 Å². The minimum Gasteiger partial charge on any atom is -0.378 e. The lowest BCUT2D eigenvalue weighted by molar-refractivity contribution is -0.384. The summed E-state index contributed by atoms with van der Waals surface area (Å²) in [5.41, 5.74) is 5.74. The van der Waals surface area contributed by atoms with Gasteiger partial charge in [-0.1, -0.05) is 18.2 Å². The summed E-state index contributed by atoms with van der Waals surface area (Å²) >= 11 is 0. The predicted molar refractivity (Wildman–Crippen MR) is 81.3 cm³/mol. The predicted octanol–water partition coefficient (Wildman–Crippen LogP) is 1.41. The van der Waals surface area contributed by atoms with Gasteiger partial charge in [0, 0.05) is 5.69 Å². The minimum atomic E-state index is -0.676. The highest BCUT2D eigenvalue weighted by Gasteiger charge is 2.17. The SMILES string of the molecule is CC(Nc1ncc([N+](=O)[O-])c(N)n1)C(=O)Nc1ccccc1. The van der Waals surface area contributed by atoms with Crippen molar-refractivity contribution in [3.8, 4) is 0 Å². The third-order valence-corrected chi connectivity index (χ3v) is 2.77. The fourth-order valence-corrected chi connectivity index (χ4v) is 1.63. The maximum Gasteiger partial charge on any atom is 0.329 e. The van der Waals surface area contributed by atoms with Crippen LogP contribution in [0.15, 0.2) is 36.5 Å². The van der Waals surface area contributed by atoms with Crippen molar-refractivity contribution in [1.29, 1.82) is 0 Å². The third kappa shape index (κ3) is 3.66. The van der Waals surface area contributed by atoms with Crippen LogP contribution in [0.25, 0.3) is 0 Å². The van der Waals surface area contributed by atoms with Gasteiger partial charge in [-0.3, -0.25) is 14.9 Å². The van der Waals surface area contributed by atoms with Gasteiger partial charge in [-0.25, -0.2) is 4.98 Å². The molecule has 1 atom stereocenters. The number of benzene rings is 1. The monoisotopic (exact) mass is 302 g/mol. The fraction of sp³-hybridized carbons (Fsp3) is 0.154. The highest BCUT2D eigenvalue weighted by Crippen LogP contribution is 2.18. The number of carbonyl (C=O) groups excluding carboxylic acids is 1. The first kappa shape index (κ1) is 15.2. The van der Waals surface area contributed by atoms with Crippen molar-refractivity contribution in [2.75, 3.05) is 16.4 Å². The number of amides is 1. The van der Waals surface area contributed by atoms with Crippen LogP contribution in [0.1, 0.15) is 6.92 Å². The van der Waals surface area contributed by atoms with E-state index in [-0.39, 0.29) is 23.4 Å². The molecule has 0 aliphatic carbocycles. The zero-order valence-electron chi connectivity index (χ0n) is 11.7. The first-order chi connectivity index (χ1) is 10.5. The Morgan fingerprint density at radius 1 is 1.36 bits per heavy atom. The topological polar surface area (TPSA) is 136 Å². The van der Waals surface area contributed by atoms with Gasteiger partial charge in [-0.15, -0.1) is 0 Å². The molecule has 0 aliphatic rings. The van der Waals surface area contributed by atoms with Gasteiger partial charge in [-0.2, -0.15) is 4.98 Å². The second kappa shape index (κ2) is 6.48. The second-order valence-corrected chi connectivity index (χ2v) is 4.44. The summed E-state index contributed by atoms with van der Waals surface area (Å²) in [6.45, 7) is 1.61. The van der Waals surface area contributed by atoms with Gasteiger partial charge in [0.05, 0.1) is 4.92 Å². The molecule has 1 unspecified atom stereocenters. The first-order valence-electron chi connectivity index (χ1n) is 6.36. The van der Waals surface area contributed by atoms with E-state index in [1.165, 1.54) is 0 Å². The number of aromatic nitrogens is 2. The van der Waals surface area contributed by atoms with E-state index in [4.69, 9.17) is 5.73 Å². The normalized spacial score (nSPS) is 11.5. The highest BCUT2D eigenvalue weighted by atomic mass is 16.6. The number of nitrogens with two attached hydrogens (primary N) is 1. The number of nitrogen functional groups attached to an aromatic ring is 1. The maximum atomic E-state index is 12.0. The van der Waals surface area contributed by atoms with Crippen LogP contribution in [0.2, 0.25) is 0 Å². The molecule has 114 valence electrons. The van der Waals surface area contributed by atoms with Gasteiger partial charge in [-0.05, 0) is 19.1 Å². The van der Waals surface area contributed by atoms with Gasteiger partial charge in [0.15, 0.2) is 0 Å². The van der Waals surface area contributed by atoms with Crippen molar-refractivity contribution in [2.45, 2.75) is 13.0 Å². The number of nitrogens with zero attached hydrogens (tertiary/aromatic N) is 3. The van der Waals surface area contributed by atoms with Crippen LogP contribution in [0.4, 0.5) is 23.1 Å². The van der Waals surface area contributed by atoms with E-state index in [2.05, 4.69) is 20.6 Å². The summed E-state index contributed by atoms with van der Waals surface area (Å²) in [6.07, 6.45) is 0.993. The number of nitrogens with one attached hydrogen (secondary N) is 2. The number of nitro groups is 1. The van der Waals surface area contributed by atoms with Crippen LogP contribution in [-0.2, 0) is 4.79 Å². The molecule has 2 rings (SSSR count). The molecule has 9 heteroatoms. The molecule has 0 spiro atoms. The average molecular weight is 302 g/mol. The Kier molecular flexibility index (Phi) is 4.47. The number of carbonyl (C=O) groups is 1. The molecule has 22 heavy (non-hydrogen) atoms. The van der Waals surface area contributed by atoms with Gasteiger partial charge in [0.2, 0.25) is 17.7 Å². The standard InChI is InChI=1S/C13H14N6O3/c1-8(12(20)17-9-5-3-2-4-6-9)16-13-15-7-10(19(21)22)11(14)18-13/h2-8H,1H3,(H,17,20)(H3,14,15,16,18). The zero-order chi connectivity index (χ0) is 16.1. The molecule has 1 aromatic heterocycles. The summed E-state index contributed by atoms with van der Waals surface area (Å²) in [5.74, 6) is -0.524.